The van der Waals surface area contributed by atoms with Crippen LogP contribution >= 0.6 is 0 Å². The fraction of sp³-hybridized carbons (Fsp3) is 0.500. The third-order valence-electron chi connectivity index (χ3n) is 11.0. The molecule has 6 heterocycles. The summed E-state index contributed by atoms with van der Waals surface area (Å²) in [5.41, 5.74) is 12.1. The van der Waals surface area contributed by atoms with Crippen LogP contribution in [-0.4, -0.2) is 44.0 Å². The monoisotopic (exact) mass is 575 g/mol. The Bertz CT molecular complexity index is 1540. The molecule has 1 spiro atoms. The van der Waals surface area contributed by atoms with Crippen LogP contribution in [0, 0.1) is 0 Å². The molecular formula is C38H45N3O2. The average molecular weight is 576 g/mol. The first-order valence-corrected chi connectivity index (χ1v) is 17.0. The Morgan fingerprint density at radius 1 is 0.721 bits per heavy atom. The number of anilines is 2. The minimum atomic E-state index is -0.660. The molecule has 6 aliphatic heterocycles. The van der Waals surface area contributed by atoms with E-state index in [9.17, 15) is 4.79 Å². The molecule has 0 atom stereocenters. The second-order valence-electron chi connectivity index (χ2n) is 13.4. The lowest BCUT2D eigenvalue weighted by Gasteiger charge is -2.48. The first-order chi connectivity index (χ1) is 21.1. The predicted molar refractivity (Wildman–Crippen MR) is 174 cm³/mol. The molecule has 3 aromatic carbocycles. The van der Waals surface area contributed by atoms with Crippen molar-refractivity contribution in [2.45, 2.75) is 90.0 Å². The van der Waals surface area contributed by atoms with Crippen molar-refractivity contribution in [3.63, 3.8) is 0 Å². The van der Waals surface area contributed by atoms with Crippen molar-refractivity contribution in [2.24, 2.45) is 0 Å². The molecule has 0 aliphatic carbocycles. The van der Waals surface area contributed by atoms with E-state index in [-0.39, 0.29) is 5.91 Å². The number of benzene rings is 3. The summed E-state index contributed by atoms with van der Waals surface area (Å²) >= 11 is 0. The number of aryl methyl sites for hydroxylation is 2. The topological polar surface area (TPSA) is 36.0 Å². The van der Waals surface area contributed by atoms with Gasteiger partial charge in [-0.2, -0.15) is 0 Å². The van der Waals surface area contributed by atoms with Gasteiger partial charge in [0, 0.05) is 72.4 Å². The van der Waals surface area contributed by atoms with E-state index >= 15 is 0 Å². The number of unbranched alkanes of at least 4 members (excludes halogenated alkanes) is 2. The molecule has 3 aromatic rings. The third kappa shape index (κ3) is 3.72. The highest BCUT2D eigenvalue weighted by Gasteiger charge is 2.56. The van der Waals surface area contributed by atoms with Crippen LogP contribution in [-0.2, 0) is 31.2 Å². The standard InChI is InChI=1S/C33H33N3O2.C5H12/c1-34-32(37)22-10-2-3-13-25(22)33(34)26-18-20-8-4-14-35-16-6-11-23(28(20)35)30(26)38-31-24-12-7-17-36-15-5-9-21(29(24)36)19-27(31)33;1-3-5-4-2/h2-3,10,13,18-19H,4-9,11-12,14-17H2,1H3;3-5H2,1-2H3. The summed E-state index contributed by atoms with van der Waals surface area (Å²) in [5.74, 6) is 2.17. The van der Waals surface area contributed by atoms with Gasteiger partial charge in [-0.3, -0.25) is 4.79 Å². The maximum absolute atomic E-state index is 14.0. The smallest absolute Gasteiger partial charge is 0.255 e. The Morgan fingerprint density at radius 3 is 1.74 bits per heavy atom. The number of rotatable bonds is 2. The summed E-state index contributed by atoms with van der Waals surface area (Å²) in [5, 5.41) is 0. The van der Waals surface area contributed by atoms with E-state index in [0.29, 0.717) is 0 Å². The lowest BCUT2D eigenvalue weighted by molar-refractivity contribution is 0.0726. The van der Waals surface area contributed by atoms with E-state index in [1.807, 2.05) is 24.1 Å². The van der Waals surface area contributed by atoms with E-state index in [2.05, 4.69) is 47.9 Å². The summed E-state index contributed by atoms with van der Waals surface area (Å²) in [6.07, 6.45) is 13.0. The van der Waals surface area contributed by atoms with Gasteiger partial charge < -0.3 is 19.4 Å². The number of carbonyl (C=O) groups excluding carboxylic acids is 1. The van der Waals surface area contributed by atoms with Crippen LogP contribution in [0.15, 0.2) is 36.4 Å². The van der Waals surface area contributed by atoms with Gasteiger partial charge in [-0.25, -0.2) is 0 Å². The fourth-order valence-electron chi connectivity index (χ4n) is 9.18. The Kier molecular flexibility index (Phi) is 6.50. The van der Waals surface area contributed by atoms with Crippen molar-refractivity contribution in [3.05, 3.63) is 80.9 Å². The second kappa shape index (κ2) is 10.3. The summed E-state index contributed by atoms with van der Waals surface area (Å²) in [6.45, 7) is 8.96. The van der Waals surface area contributed by atoms with Crippen LogP contribution < -0.4 is 14.5 Å². The SMILES string of the molecule is CCCCC.CN1C(=O)c2ccccc2C12c1cc3c4c(c1Oc1c2cc2c5c1CCCN5CCC2)CCCN4CCC3. The molecule has 0 radical (unpaired) electrons. The van der Waals surface area contributed by atoms with Gasteiger partial charge in [-0.15, -0.1) is 0 Å². The van der Waals surface area contributed by atoms with Crippen LogP contribution in [0.2, 0.25) is 0 Å². The minimum absolute atomic E-state index is 0.111. The Hall–Kier alpha value is -3.47. The first-order valence-electron chi connectivity index (χ1n) is 17.0. The summed E-state index contributed by atoms with van der Waals surface area (Å²) in [6, 6.07) is 13.2. The molecule has 224 valence electrons. The fourth-order valence-corrected chi connectivity index (χ4v) is 9.18. The molecule has 0 unspecified atom stereocenters. The molecule has 43 heavy (non-hydrogen) atoms. The van der Waals surface area contributed by atoms with Crippen LogP contribution in [0.5, 0.6) is 11.5 Å². The molecule has 1 amide bonds. The number of ether oxygens (including phenoxy) is 1. The van der Waals surface area contributed by atoms with Gasteiger partial charge in [-0.05, 0) is 86.3 Å². The first kappa shape index (κ1) is 27.1. The lowest BCUT2D eigenvalue weighted by Crippen LogP contribution is -2.46. The number of hydrogen-bond acceptors (Lipinski definition) is 4. The Labute approximate surface area is 256 Å². The molecule has 0 N–H and O–H groups in total. The number of carbonyl (C=O) groups is 1. The predicted octanol–water partition coefficient (Wildman–Crippen LogP) is 7.76. The van der Waals surface area contributed by atoms with Gasteiger partial charge >= 0.3 is 0 Å². The molecular weight excluding hydrogens is 530 g/mol. The van der Waals surface area contributed by atoms with Gasteiger partial charge in [0.25, 0.3) is 5.91 Å². The zero-order valence-corrected chi connectivity index (χ0v) is 26.2. The van der Waals surface area contributed by atoms with E-state index in [4.69, 9.17) is 4.74 Å². The van der Waals surface area contributed by atoms with Gasteiger partial charge in [0.05, 0.1) is 0 Å². The maximum Gasteiger partial charge on any atom is 0.255 e. The highest BCUT2D eigenvalue weighted by atomic mass is 16.5. The maximum atomic E-state index is 14.0. The molecule has 6 aliphatic rings. The Balaban J connectivity index is 0.000000517. The average Bonchev–Trinajstić information content (AvgIpc) is 3.26. The minimum Gasteiger partial charge on any atom is -0.456 e. The van der Waals surface area contributed by atoms with E-state index in [1.54, 1.807) is 0 Å². The Morgan fingerprint density at radius 2 is 1.23 bits per heavy atom. The largest absolute Gasteiger partial charge is 0.456 e. The lowest BCUT2D eigenvalue weighted by atomic mass is 9.70. The quantitative estimate of drug-likeness (QED) is 0.313. The van der Waals surface area contributed by atoms with Crippen LogP contribution in [0.3, 0.4) is 0 Å². The van der Waals surface area contributed by atoms with Crippen LogP contribution in [0.4, 0.5) is 11.4 Å². The van der Waals surface area contributed by atoms with Crippen LogP contribution in [0.25, 0.3) is 0 Å². The zero-order valence-electron chi connectivity index (χ0n) is 26.2. The van der Waals surface area contributed by atoms with Crippen molar-refractivity contribution in [1.82, 2.24) is 4.90 Å². The highest BCUT2D eigenvalue weighted by Crippen LogP contribution is 2.62. The van der Waals surface area contributed by atoms with E-state index < -0.39 is 5.54 Å². The molecule has 0 saturated carbocycles. The van der Waals surface area contributed by atoms with Gasteiger partial charge in [0.2, 0.25) is 0 Å². The zero-order chi connectivity index (χ0) is 29.3. The molecule has 0 fully saturated rings. The molecule has 5 heteroatoms. The molecule has 0 bridgehead atoms. The van der Waals surface area contributed by atoms with Gasteiger partial charge in [0.1, 0.15) is 17.0 Å². The van der Waals surface area contributed by atoms with Crippen molar-refractivity contribution in [1.29, 1.82) is 0 Å². The number of hydrogen-bond donors (Lipinski definition) is 0. The van der Waals surface area contributed by atoms with Crippen molar-refractivity contribution in [3.8, 4) is 11.5 Å². The highest BCUT2D eigenvalue weighted by molar-refractivity contribution is 6.02. The molecule has 5 nitrogen and oxygen atoms in total. The summed E-state index contributed by atoms with van der Waals surface area (Å²) < 4.78 is 7.21. The molecule has 0 saturated heterocycles. The van der Waals surface area contributed by atoms with Crippen molar-refractivity contribution >= 4 is 17.3 Å². The summed E-state index contributed by atoms with van der Waals surface area (Å²) in [4.78, 5) is 21.2. The number of nitrogens with zero attached hydrogens (tertiary/aromatic N) is 3. The number of amides is 1. The second-order valence-corrected chi connectivity index (χ2v) is 13.4. The normalized spacial score (nSPS) is 19.9. The van der Waals surface area contributed by atoms with Crippen molar-refractivity contribution < 1.29 is 9.53 Å². The number of fused-ring (bicyclic) bond motifs is 8. The third-order valence-corrected chi connectivity index (χ3v) is 11.0. The van der Waals surface area contributed by atoms with Crippen molar-refractivity contribution in [2.75, 3.05) is 43.0 Å². The van der Waals surface area contributed by atoms with E-state index in [1.165, 1.54) is 76.9 Å². The summed E-state index contributed by atoms with van der Waals surface area (Å²) in [7, 11) is 2.02. The molecule has 0 aromatic heterocycles. The van der Waals surface area contributed by atoms with Gasteiger partial charge in [0.15, 0.2) is 0 Å². The van der Waals surface area contributed by atoms with Gasteiger partial charge in [-0.1, -0.05) is 51.3 Å². The molecule has 9 rings (SSSR count). The van der Waals surface area contributed by atoms with E-state index in [0.717, 1.165) is 87.3 Å². The van der Waals surface area contributed by atoms with Crippen LogP contribution in [0.1, 0.15) is 108 Å².